The van der Waals surface area contributed by atoms with Crippen molar-refractivity contribution in [3.63, 3.8) is 0 Å². The highest BCUT2D eigenvalue weighted by Gasteiger charge is 2.17. The maximum Gasteiger partial charge on any atom is 0.0273 e. The molecule has 2 aromatic rings. The molecule has 0 unspecified atom stereocenters. The first-order valence-electron chi connectivity index (χ1n) is 6.14. The molecule has 0 atom stereocenters. The van der Waals surface area contributed by atoms with Crippen LogP contribution in [0.5, 0.6) is 0 Å². The SMILES string of the molecule is CCC(C)(C)c1cccc(-c2ccncc2)c1. The number of nitrogens with zero attached hydrogens (tertiary/aromatic N) is 1. The second-order valence-corrected chi connectivity index (χ2v) is 5.05. The van der Waals surface area contributed by atoms with Gasteiger partial charge in [0.25, 0.3) is 0 Å². The summed E-state index contributed by atoms with van der Waals surface area (Å²) >= 11 is 0. The molecule has 2 rings (SSSR count). The lowest BCUT2D eigenvalue weighted by molar-refractivity contribution is 0.506. The molecule has 0 bridgehead atoms. The Kier molecular flexibility index (Phi) is 3.28. The third-order valence-electron chi connectivity index (χ3n) is 3.54. The molecule has 1 nitrogen and oxygen atoms in total. The predicted molar refractivity (Wildman–Crippen MR) is 73.0 cm³/mol. The normalized spacial score (nSPS) is 11.5. The Morgan fingerprint density at radius 2 is 1.71 bits per heavy atom. The third-order valence-corrected chi connectivity index (χ3v) is 3.54. The topological polar surface area (TPSA) is 12.9 Å². The quantitative estimate of drug-likeness (QED) is 0.752. The summed E-state index contributed by atoms with van der Waals surface area (Å²) in [6.07, 6.45) is 4.83. The van der Waals surface area contributed by atoms with Crippen molar-refractivity contribution in [1.29, 1.82) is 0 Å². The van der Waals surface area contributed by atoms with Crippen LogP contribution in [0.4, 0.5) is 0 Å². The Morgan fingerprint density at radius 1 is 1.00 bits per heavy atom. The van der Waals surface area contributed by atoms with Crippen LogP contribution >= 0.6 is 0 Å². The molecule has 0 spiro atoms. The van der Waals surface area contributed by atoms with Crippen LogP contribution in [0, 0.1) is 0 Å². The van der Waals surface area contributed by atoms with E-state index in [1.54, 1.807) is 0 Å². The third kappa shape index (κ3) is 2.55. The van der Waals surface area contributed by atoms with E-state index in [0.29, 0.717) is 0 Å². The molecular formula is C16H19N. The average Bonchev–Trinajstić information content (AvgIpc) is 2.40. The zero-order valence-corrected chi connectivity index (χ0v) is 10.8. The summed E-state index contributed by atoms with van der Waals surface area (Å²) in [6.45, 7) is 6.82. The van der Waals surface area contributed by atoms with Gasteiger partial charge in [0, 0.05) is 12.4 Å². The van der Waals surface area contributed by atoms with Crippen molar-refractivity contribution in [3.05, 3.63) is 54.4 Å². The van der Waals surface area contributed by atoms with Crippen LogP contribution in [-0.2, 0) is 5.41 Å². The predicted octanol–water partition coefficient (Wildman–Crippen LogP) is 4.44. The van der Waals surface area contributed by atoms with Crippen LogP contribution in [0.25, 0.3) is 11.1 Å². The van der Waals surface area contributed by atoms with Crippen molar-refractivity contribution in [2.75, 3.05) is 0 Å². The summed E-state index contributed by atoms with van der Waals surface area (Å²) in [5.74, 6) is 0. The van der Waals surface area contributed by atoms with Gasteiger partial charge in [-0.3, -0.25) is 4.98 Å². The van der Waals surface area contributed by atoms with E-state index in [1.807, 2.05) is 12.4 Å². The van der Waals surface area contributed by atoms with E-state index in [0.717, 1.165) is 6.42 Å². The molecule has 0 aliphatic carbocycles. The zero-order valence-electron chi connectivity index (χ0n) is 10.8. The van der Waals surface area contributed by atoms with E-state index in [1.165, 1.54) is 16.7 Å². The van der Waals surface area contributed by atoms with Crippen molar-refractivity contribution in [3.8, 4) is 11.1 Å². The molecule has 0 aliphatic heterocycles. The highest BCUT2D eigenvalue weighted by Crippen LogP contribution is 2.29. The van der Waals surface area contributed by atoms with E-state index in [4.69, 9.17) is 0 Å². The molecule has 0 fully saturated rings. The molecule has 0 N–H and O–H groups in total. The largest absolute Gasteiger partial charge is 0.265 e. The maximum atomic E-state index is 4.06. The number of hydrogen-bond acceptors (Lipinski definition) is 1. The van der Waals surface area contributed by atoms with Crippen molar-refractivity contribution in [2.24, 2.45) is 0 Å². The Hall–Kier alpha value is -1.63. The lowest BCUT2D eigenvalue weighted by Gasteiger charge is -2.23. The van der Waals surface area contributed by atoms with E-state index in [-0.39, 0.29) is 5.41 Å². The van der Waals surface area contributed by atoms with Gasteiger partial charge in [0.1, 0.15) is 0 Å². The lowest BCUT2D eigenvalue weighted by Crippen LogP contribution is -2.15. The van der Waals surface area contributed by atoms with Crippen molar-refractivity contribution in [2.45, 2.75) is 32.6 Å². The molecule has 0 amide bonds. The van der Waals surface area contributed by atoms with Gasteiger partial charge in [-0.25, -0.2) is 0 Å². The molecule has 0 saturated carbocycles. The molecule has 1 heteroatoms. The fourth-order valence-electron chi connectivity index (χ4n) is 1.87. The Bertz CT molecular complexity index is 486. The van der Waals surface area contributed by atoms with Gasteiger partial charge in [-0.2, -0.15) is 0 Å². The lowest BCUT2D eigenvalue weighted by atomic mass is 9.81. The number of benzene rings is 1. The van der Waals surface area contributed by atoms with Crippen LogP contribution in [0.3, 0.4) is 0 Å². The minimum atomic E-state index is 0.239. The fourth-order valence-corrected chi connectivity index (χ4v) is 1.87. The van der Waals surface area contributed by atoms with Crippen molar-refractivity contribution < 1.29 is 0 Å². The number of pyridine rings is 1. The second-order valence-electron chi connectivity index (χ2n) is 5.05. The van der Waals surface area contributed by atoms with Gasteiger partial charge in [0.15, 0.2) is 0 Å². The molecule has 1 aromatic carbocycles. The van der Waals surface area contributed by atoms with Gasteiger partial charge < -0.3 is 0 Å². The van der Waals surface area contributed by atoms with Crippen molar-refractivity contribution in [1.82, 2.24) is 4.98 Å². The first kappa shape index (κ1) is 11.8. The maximum absolute atomic E-state index is 4.06. The Labute approximate surface area is 104 Å². The first-order chi connectivity index (χ1) is 8.13. The summed E-state index contributed by atoms with van der Waals surface area (Å²) in [4.78, 5) is 4.06. The summed E-state index contributed by atoms with van der Waals surface area (Å²) < 4.78 is 0. The van der Waals surface area contributed by atoms with Crippen molar-refractivity contribution >= 4 is 0 Å². The molecule has 0 saturated heterocycles. The highest BCUT2D eigenvalue weighted by atomic mass is 14.6. The molecule has 17 heavy (non-hydrogen) atoms. The van der Waals surface area contributed by atoms with Gasteiger partial charge in [-0.05, 0) is 40.7 Å². The summed E-state index contributed by atoms with van der Waals surface area (Å²) in [7, 11) is 0. The molecule has 0 aliphatic rings. The smallest absolute Gasteiger partial charge is 0.0273 e. The summed E-state index contributed by atoms with van der Waals surface area (Å²) in [5, 5.41) is 0. The number of rotatable bonds is 3. The van der Waals surface area contributed by atoms with E-state index in [9.17, 15) is 0 Å². The van der Waals surface area contributed by atoms with Gasteiger partial charge in [0.05, 0.1) is 0 Å². The van der Waals surface area contributed by atoms with Gasteiger partial charge in [0.2, 0.25) is 0 Å². The monoisotopic (exact) mass is 225 g/mol. The second kappa shape index (κ2) is 4.70. The van der Waals surface area contributed by atoms with Crippen LogP contribution < -0.4 is 0 Å². The van der Waals surface area contributed by atoms with Gasteiger partial charge >= 0.3 is 0 Å². The average molecular weight is 225 g/mol. The van der Waals surface area contributed by atoms with Crippen LogP contribution in [0.2, 0.25) is 0 Å². The molecule has 1 aromatic heterocycles. The fraction of sp³-hybridized carbons (Fsp3) is 0.312. The molecule has 88 valence electrons. The Morgan fingerprint density at radius 3 is 2.35 bits per heavy atom. The minimum absolute atomic E-state index is 0.239. The van der Waals surface area contributed by atoms with E-state index >= 15 is 0 Å². The standard InChI is InChI=1S/C16H19N/c1-4-16(2,3)15-7-5-6-14(12-15)13-8-10-17-11-9-13/h5-12H,4H2,1-3H3. The van der Waals surface area contributed by atoms with Crippen LogP contribution in [0.1, 0.15) is 32.8 Å². The number of aromatic nitrogens is 1. The van der Waals surface area contributed by atoms with Crippen LogP contribution in [-0.4, -0.2) is 4.98 Å². The summed E-state index contributed by atoms with van der Waals surface area (Å²) in [5.41, 5.74) is 4.14. The number of hydrogen-bond donors (Lipinski definition) is 0. The first-order valence-corrected chi connectivity index (χ1v) is 6.14. The van der Waals surface area contributed by atoms with Crippen LogP contribution in [0.15, 0.2) is 48.8 Å². The van der Waals surface area contributed by atoms with Gasteiger partial charge in [-0.15, -0.1) is 0 Å². The highest BCUT2D eigenvalue weighted by molar-refractivity contribution is 5.63. The molecular weight excluding hydrogens is 206 g/mol. The van der Waals surface area contributed by atoms with E-state index < -0.39 is 0 Å². The molecule has 0 radical (unpaired) electrons. The zero-order chi connectivity index (χ0) is 12.3. The van der Waals surface area contributed by atoms with E-state index in [2.05, 4.69) is 62.2 Å². The van der Waals surface area contributed by atoms with Gasteiger partial charge in [-0.1, -0.05) is 45.0 Å². The summed E-state index contributed by atoms with van der Waals surface area (Å²) in [6, 6.07) is 12.9. The molecule has 1 heterocycles. The minimum Gasteiger partial charge on any atom is -0.265 e. The Balaban J connectivity index is 2.42.